The van der Waals surface area contributed by atoms with E-state index in [4.69, 9.17) is 16.0 Å². The second kappa shape index (κ2) is 5.10. The molecule has 1 aromatic heterocycles. The average Bonchev–Trinajstić information content (AvgIpc) is 2.81. The maximum Gasteiger partial charge on any atom is 0.202 e. The molecule has 0 amide bonds. The first-order valence-electron chi connectivity index (χ1n) is 6.43. The second-order valence-corrected chi connectivity index (χ2v) is 4.98. The summed E-state index contributed by atoms with van der Waals surface area (Å²) in [5, 5.41) is 1.26. The van der Waals surface area contributed by atoms with Crippen molar-refractivity contribution in [3.8, 4) is 0 Å². The molecule has 0 aliphatic rings. The molecule has 2 aromatic carbocycles. The van der Waals surface area contributed by atoms with Gasteiger partial charge in [0.1, 0.15) is 5.58 Å². The number of rotatable bonds is 3. The Labute approximate surface area is 117 Å². The van der Waals surface area contributed by atoms with Crippen LogP contribution in [-0.2, 0) is 12.8 Å². The first-order valence-corrected chi connectivity index (χ1v) is 6.81. The quantitative estimate of drug-likeness (QED) is 0.649. The highest BCUT2D eigenvalue weighted by atomic mass is 35.5. The SMILES string of the molecule is CCc1ccc(Cc2cccc3[c]c(Cl)oc23)cc1. The molecule has 3 aromatic rings. The van der Waals surface area contributed by atoms with Crippen molar-refractivity contribution in [3.05, 3.63) is 70.4 Å². The summed E-state index contributed by atoms with van der Waals surface area (Å²) in [4.78, 5) is 0. The molecule has 0 fully saturated rings. The highest BCUT2D eigenvalue weighted by molar-refractivity contribution is 6.29. The Kier molecular flexibility index (Phi) is 3.31. The van der Waals surface area contributed by atoms with Crippen LogP contribution in [0.15, 0.2) is 46.9 Å². The van der Waals surface area contributed by atoms with Crippen LogP contribution in [0.3, 0.4) is 0 Å². The van der Waals surface area contributed by atoms with E-state index in [0.29, 0.717) is 5.22 Å². The lowest BCUT2D eigenvalue weighted by atomic mass is 10.0. The third-order valence-electron chi connectivity index (χ3n) is 3.35. The van der Waals surface area contributed by atoms with Crippen molar-refractivity contribution in [2.45, 2.75) is 19.8 Å². The molecular formula is C17H14ClO. The highest BCUT2D eigenvalue weighted by Crippen LogP contribution is 2.26. The summed E-state index contributed by atoms with van der Waals surface area (Å²) in [6.07, 6.45) is 1.91. The van der Waals surface area contributed by atoms with Crippen molar-refractivity contribution in [1.82, 2.24) is 0 Å². The Morgan fingerprint density at radius 1 is 1.05 bits per heavy atom. The topological polar surface area (TPSA) is 13.1 Å². The van der Waals surface area contributed by atoms with E-state index >= 15 is 0 Å². The summed E-state index contributed by atoms with van der Waals surface area (Å²) >= 11 is 5.88. The van der Waals surface area contributed by atoms with Crippen molar-refractivity contribution >= 4 is 22.6 Å². The van der Waals surface area contributed by atoms with Gasteiger partial charge in [0, 0.05) is 11.8 Å². The monoisotopic (exact) mass is 269 g/mol. The van der Waals surface area contributed by atoms with Crippen LogP contribution in [0, 0.1) is 6.07 Å². The molecule has 2 heteroatoms. The predicted molar refractivity (Wildman–Crippen MR) is 78.7 cm³/mol. The molecular weight excluding hydrogens is 256 g/mol. The van der Waals surface area contributed by atoms with Crippen LogP contribution in [0.4, 0.5) is 0 Å². The van der Waals surface area contributed by atoms with E-state index in [1.165, 1.54) is 11.1 Å². The number of hydrogen-bond donors (Lipinski definition) is 0. The zero-order valence-corrected chi connectivity index (χ0v) is 11.5. The van der Waals surface area contributed by atoms with E-state index in [2.05, 4.69) is 43.3 Å². The third-order valence-corrected chi connectivity index (χ3v) is 3.52. The lowest BCUT2D eigenvalue weighted by Crippen LogP contribution is -1.89. The maximum absolute atomic E-state index is 5.88. The normalized spacial score (nSPS) is 11.1. The van der Waals surface area contributed by atoms with Crippen LogP contribution in [0.25, 0.3) is 11.0 Å². The predicted octanol–water partition coefficient (Wildman–Crippen LogP) is 5.04. The lowest BCUT2D eigenvalue weighted by molar-refractivity contribution is 0.613. The molecule has 95 valence electrons. The average molecular weight is 270 g/mol. The Balaban J connectivity index is 1.95. The van der Waals surface area contributed by atoms with E-state index in [-0.39, 0.29) is 0 Å². The fraction of sp³-hybridized carbons (Fsp3) is 0.176. The molecule has 0 aliphatic heterocycles. The summed E-state index contributed by atoms with van der Waals surface area (Å²) in [7, 11) is 0. The van der Waals surface area contributed by atoms with Crippen molar-refractivity contribution in [3.63, 3.8) is 0 Å². The van der Waals surface area contributed by atoms with Gasteiger partial charge in [-0.2, -0.15) is 0 Å². The van der Waals surface area contributed by atoms with Gasteiger partial charge >= 0.3 is 0 Å². The zero-order chi connectivity index (χ0) is 13.2. The van der Waals surface area contributed by atoms with Gasteiger partial charge in [-0.3, -0.25) is 0 Å². The fourth-order valence-electron chi connectivity index (χ4n) is 2.28. The maximum atomic E-state index is 5.88. The second-order valence-electron chi connectivity index (χ2n) is 4.64. The van der Waals surface area contributed by atoms with Gasteiger partial charge in [-0.1, -0.05) is 49.4 Å². The molecule has 0 saturated heterocycles. The number of hydrogen-bond acceptors (Lipinski definition) is 1. The van der Waals surface area contributed by atoms with Crippen LogP contribution in [0.5, 0.6) is 0 Å². The van der Waals surface area contributed by atoms with Crippen molar-refractivity contribution in [2.24, 2.45) is 0 Å². The Morgan fingerprint density at radius 2 is 1.79 bits per heavy atom. The van der Waals surface area contributed by atoms with Crippen LogP contribution in [0.1, 0.15) is 23.6 Å². The van der Waals surface area contributed by atoms with Gasteiger partial charge < -0.3 is 4.42 Å². The van der Waals surface area contributed by atoms with Crippen LogP contribution in [0.2, 0.25) is 5.22 Å². The standard InChI is InChI=1S/C17H14ClO/c1-2-12-6-8-13(9-7-12)10-14-4-3-5-15-11-16(18)19-17(14)15/h3-9H,2,10H2,1H3. The van der Waals surface area contributed by atoms with Gasteiger partial charge in [0.15, 0.2) is 0 Å². The first-order chi connectivity index (χ1) is 9.26. The summed E-state index contributed by atoms with van der Waals surface area (Å²) in [6.45, 7) is 2.16. The summed E-state index contributed by atoms with van der Waals surface area (Å²) in [6, 6.07) is 17.8. The number of aryl methyl sites for hydroxylation is 1. The van der Waals surface area contributed by atoms with Gasteiger partial charge in [0.25, 0.3) is 0 Å². The van der Waals surface area contributed by atoms with Gasteiger partial charge in [0.2, 0.25) is 5.22 Å². The summed E-state index contributed by atoms with van der Waals surface area (Å²) in [5.41, 5.74) is 4.62. The van der Waals surface area contributed by atoms with Crippen molar-refractivity contribution < 1.29 is 4.42 Å². The first kappa shape index (κ1) is 12.3. The minimum absolute atomic E-state index is 0.323. The molecule has 0 spiro atoms. The van der Waals surface area contributed by atoms with E-state index in [1.807, 2.05) is 12.1 Å². The van der Waals surface area contributed by atoms with E-state index < -0.39 is 0 Å². The fourth-order valence-corrected chi connectivity index (χ4v) is 2.46. The van der Waals surface area contributed by atoms with E-state index in [1.54, 1.807) is 0 Å². The molecule has 3 rings (SSSR count). The van der Waals surface area contributed by atoms with Crippen molar-refractivity contribution in [2.75, 3.05) is 0 Å². The zero-order valence-electron chi connectivity index (χ0n) is 10.7. The molecule has 1 nitrogen and oxygen atoms in total. The van der Waals surface area contributed by atoms with E-state index in [9.17, 15) is 0 Å². The van der Waals surface area contributed by atoms with Crippen LogP contribution >= 0.6 is 11.6 Å². The molecule has 0 atom stereocenters. The number of benzene rings is 2. The molecule has 0 aliphatic carbocycles. The van der Waals surface area contributed by atoms with Gasteiger partial charge in [0.05, 0.1) is 6.07 Å². The smallest absolute Gasteiger partial charge is 0.202 e. The Hall–Kier alpha value is -1.73. The number of halogens is 1. The number of furan rings is 1. The van der Waals surface area contributed by atoms with Gasteiger partial charge in [-0.15, -0.1) is 0 Å². The molecule has 0 saturated carbocycles. The molecule has 1 radical (unpaired) electrons. The minimum Gasteiger partial charge on any atom is -0.444 e. The minimum atomic E-state index is 0.323. The van der Waals surface area contributed by atoms with Gasteiger partial charge in [-0.25, -0.2) is 0 Å². The highest BCUT2D eigenvalue weighted by Gasteiger charge is 2.08. The summed E-state index contributed by atoms with van der Waals surface area (Å²) < 4.78 is 5.53. The van der Waals surface area contributed by atoms with Gasteiger partial charge in [-0.05, 0) is 34.7 Å². The number of fused-ring (bicyclic) bond motifs is 1. The lowest BCUT2D eigenvalue weighted by Gasteiger charge is -2.04. The molecule has 19 heavy (non-hydrogen) atoms. The molecule has 1 heterocycles. The Morgan fingerprint density at radius 3 is 2.53 bits per heavy atom. The number of para-hydroxylation sites is 1. The van der Waals surface area contributed by atoms with Crippen LogP contribution < -0.4 is 0 Å². The molecule has 0 bridgehead atoms. The molecule has 0 unspecified atom stereocenters. The Bertz CT molecular complexity index is 695. The summed E-state index contributed by atoms with van der Waals surface area (Å²) in [5.74, 6) is 0. The van der Waals surface area contributed by atoms with E-state index in [0.717, 1.165) is 29.4 Å². The van der Waals surface area contributed by atoms with Crippen molar-refractivity contribution in [1.29, 1.82) is 0 Å². The molecule has 0 N–H and O–H groups in total. The van der Waals surface area contributed by atoms with Crippen LogP contribution in [-0.4, -0.2) is 0 Å². The largest absolute Gasteiger partial charge is 0.444 e. The third kappa shape index (κ3) is 2.52.